The molecular formula is C21H13Cl3N2OS. The summed E-state index contributed by atoms with van der Waals surface area (Å²) in [4.78, 5) is 17.9. The van der Waals surface area contributed by atoms with E-state index in [1.54, 1.807) is 28.8 Å². The fraction of sp³-hybridized carbons (Fsp3) is 0.0476. The maximum absolute atomic E-state index is 13.2. The summed E-state index contributed by atoms with van der Waals surface area (Å²) in [7, 11) is 0. The summed E-state index contributed by atoms with van der Waals surface area (Å²) >= 11 is 19.8. The number of hydrogen-bond acceptors (Lipinski definition) is 3. The highest BCUT2D eigenvalue weighted by Crippen LogP contribution is 2.28. The predicted octanol–water partition coefficient (Wildman–Crippen LogP) is 6.64. The zero-order valence-corrected chi connectivity index (χ0v) is 17.5. The van der Waals surface area contributed by atoms with Gasteiger partial charge in [-0.3, -0.25) is 9.36 Å². The first-order chi connectivity index (χ1) is 13.5. The van der Waals surface area contributed by atoms with Crippen LogP contribution in [0.25, 0.3) is 16.6 Å². The van der Waals surface area contributed by atoms with Crippen molar-refractivity contribution in [2.75, 3.05) is 0 Å². The van der Waals surface area contributed by atoms with Crippen molar-refractivity contribution in [3.63, 3.8) is 0 Å². The zero-order valence-electron chi connectivity index (χ0n) is 14.4. The highest BCUT2D eigenvalue weighted by atomic mass is 35.5. The maximum atomic E-state index is 13.2. The monoisotopic (exact) mass is 446 g/mol. The minimum Gasteiger partial charge on any atom is -0.268 e. The minimum atomic E-state index is -0.155. The van der Waals surface area contributed by atoms with Crippen molar-refractivity contribution in [1.29, 1.82) is 0 Å². The van der Waals surface area contributed by atoms with E-state index >= 15 is 0 Å². The molecule has 0 aliphatic rings. The number of para-hydroxylation sites is 1. The smallest absolute Gasteiger partial charge is 0.266 e. The fourth-order valence-electron chi connectivity index (χ4n) is 2.84. The Morgan fingerprint density at radius 3 is 2.50 bits per heavy atom. The molecule has 28 heavy (non-hydrogen) atoms. The van der Waals surface area contributed by atoms with Gasteiger partial charge in [0.25, 0.3) is 5.56 Å². The van der Waals surface area contributed by atoms with Crippen LogP contribution < -0.4 is 5.56 Å². The van der Waals surface area contributed by atoms with E-state index in [0.717, 1.165) is 5.56 Å². The fourth-order valence-corrected chi connectivity index (χ4v) is 4.30. The van der Waals surface area contributed by atoms with Gasteiger partial charge >= 0.3 is 0 Å². The standard InChI is InChI=1S/C21H13Cl3N2OS/c22-14-5-3-4-13(10-14)12-28-21-25-19-7-2-1-6-16(19)20(27)26(21)15-8-9-17(23)18(24)11-15/h1-11H,12H2. The molecule has 0 fully saturated rings. The van der Waals surface area contributed by atoms with Gasteiger partial charge in [-0.2, -0.15) is 0 Å². The van der Waals surface area contributed by atoms with Crippen LogP contribution >= 0.6 is 46.6 Å². The van der Waals surface area contributed by atoms with E-state index in [-0.39, 0.29) is 5.56 Å². The Bertz CT molecular complexity index is 1240. The lowest BCUT2D eigenvalue weighted by Crippen LogP contribution is -2.21. The van der Waals surface area contributed by atoms with E-state index in [1.165, 1.54) is 11.8 Å². The number of aromatic nitrogens is 2. The Kier molecular flexibility index (Phi) is 5.65. The van der Waals surface area contributed by atoms with E-state index in [4.69, 9.17) is 39.8 Å². The largest absolute Gasteiger partial charge is 0.268 e. The van der Waals surface area contributed by atoms with Gasteiger partial charge in [0.05, 0.1) is 26.6 Å². The SMILES string of the molecule is O=c1c2ccccc2nc(SCc2cccc(Cl)c2)n1-c1ccc(Cl)c(Cl)c1. The Morgan fingerprint density at radius 1 is 0.893 bits per heavy atom. The summed E-state index contributed by atoms with van der Waals surface area (Å²) in [6.07, 6.45) is 0. The zero-order chi connectivity index (χ0) is 19.7. The third kappa shape index (κ3) is 3.91. The van der Waals surface area contributed by atoms with Crippen molar-refractivity contribution in [2.24, 2.45) is 0 Å². The van der Waals surface area contributed by atoms with Gasteiger partial charge in [0.15, 0.2) is 5.16 Å². The molecule has 7 heteroatoms. The summed E-state index contributed by atoms with van der Waals surface area (Å²) in [6.45, 7) is 0. The number of fused-ring (bicyclic) bond motifs is 1. The van der Waals surface area contributed by atoms with Crippen LogP contribution in [0.5, 0.6) is 0 Å². The second-order valence-corrected chi connectivity index (χ2v) is 8.26. The quantitative estimate of drug-likeness (QED) is 0.260. The molecule has 4 rings (SSSR count). The third-order valence-electron chi connectivity index (χ3n) is 4.16. The summed E-state index contributed by atoms with van der Waals surface area (Å²) in [6, 6.07) is 20.0. The number of benzene rings is 3. The highest BCUT2D eigenvalue weighted by molar-refractivity contribution is 7.98. The average Bonchev–Trinajstić information content (AvgIpc) is 2.69. The lowest BCUT2D eigenvalue weighted by atomic mass is 10.2. The van der Waals surface area contributed by atoms with Crippen LogP contribution in [-0.2, 0) is 5.75 Å². The Balaban J connectivity index is 1.85. The molecule has 0 saturated heterocycles. The van der Waals surface area contributed by atoms with Gasteiger partial charge in [-0.05, 0) is 48.0 Å². The molecule has 0 bridgehead atoms. The normalized spacial score (nSPS) is 11.1. The maximum Gasteiger partial charge on any atom is 0.266 e. The molecule has 3 aromatic carbocycles. The molecule has 140 valence electrons. The highest BCUT2D eigenvalue weighted by Gasteiger charge is 2.14. The minimum absolute atomic E-state index is 0.155. The van der Waals surface area contributed by atoms with Crippen molar-refractivity contribution in [1.82, 2.24) is 9.55 Å². The molecule has 0 spiro atoms. The van der Waals surface area contributed by atoms with Gasteiger partial charge in [-0.25, -0.2) is 4.98 Å². The Morgan fingerprint density at radius 2 is 1.71 bits per heavy atom. The number of thioether (sulfide) groups is 1. The van der Waals surface area contributed by atoms with Crippen LogP contribution in [0.1, 0.15) is 5.56 Å². The first-order valence-corrected chi connectivity index (χ1v) is 10.5. The van der Waals surface area contributed by atoms with Gasteiger partial charge in [0, 0.05) is 10.8 Å². The number of rotatable bonds is 4. The van der Waals surface area contributed by atoms with Gasteiger partial charge in [-0.1, -0.05) is 70.8 Å². The lowest BCUT2D eigenvalue weighted by molar-refractivity contribution is 0.819. The summed E-state index contributed by atoms with van der Waals surface area (Å²) < 4.78 is 1.57. The number of hydrogen-bond donors (Lipinski definition) is 0. The Hall–Kier alpha value is -1.98. The van der Waals surface area contributed by atoms with Gasteiger partial charge in [0.2, 0.25) is 0 Å². The van der Waals surface area contributed by atoms with Gasteiger partial charge in [-0.15, -0.1) is 0 Å². The van der Waals surface area contributed by atoms with Crippen molar-refractivity contribution in [3.05, 3.63) is 97.7 Å². The van der Waals surface area contributed by atoms with E-state index in [9.17, 15) is 4.79 Å². The molecule has 3 nitrogen and oxygen atoms in total. The molecule has 0 aliphatic heterocycles. The van der Waals surface area contributed by atoms with Crippen LogP contribution in [-0.4, -0.2) is 9.55 Å². The van der Waals surface area contributed by atoms with Crippen LogP contribution in [0.4, 0.5) is 0 Å². The molecule has 4 aromatic rings. The van der Waals surface area contributed by atoms with Crippen molar-refractivity contribution >= 4 is 57.5 Å². The molecule has 1 aromatic heterocycles. The van der Waals surface area contributed by atoms with E-state index in [0.29, 0.717) is 42.6 Å². The van der Waals surface area contributed by atoms with Crippen molar-refractivity contribution in [2.45, 2.75) is 10.9 Å². The van der Waals surface area contributed by atoms with Crippen molar-refractivity contribution in [3.8, 4) is 5.69 Å². The van der Waals surface area contributed by atoms with E-state index in [2.05, 4.69) is 0 Å². The van der Waals surface area contributed by atoms with Crippen LogP contribution in [0.3, 0.4) is 0 Å². The molecule has 0 radical (unpaired) electrons. The lowest BCUT2D eigenvalue weighted by Gasteiger charge is -2.14. The first kappa shape index (κ1) is 19.3. The third-order valence-corrected chi connectivity index (χ3v) is 6.15. The molecule has 1 heterocycles. The number of nitrogens with zero attached hydrogens (tertiary/aromatic N) is 2. The topological polar surface area (TPSA) is 34.9 Å². The summed E-state index contributed by atoms with van der Waals surface area (Å²) in [5.41, 5.74) is 2.15. The molecule has 0 atom stereocenters. The predicted molar refractivity (Wildman–Crippen MR) is 118 cm³/mol. The van der Waals surface area contributed by atoms with Crippen LogP contribution in [0, 0.1) is 0 Å². The first-order valence-electron chi connectivity index (χ1n) is 8.37. The molecule has 0 saturated carbocycles. The molecule has 0 N–H and O–H groups in total. The van der Waals surface area contributed by atoms with Crippen molar-refractivity contribution < 1.29 is 0 Å². The van der Waals surface area contributed by atoms with Crippen LogP contribution in [0.2, 0.25) is 15.1 Å². The number of halogens is 3. The van der Waals surface area contributed by atoms with Gasteiger partial charge < -0.3 is 0 Å². The van der Waals surface area contributed by atoms with E-state index < -0.39 is 0 Å². The van der Waals surface area contributed by atoms with Gasteiger partial charge in [0.1, 0.15) is 0 Å². The van der Waals surface area contributed by atoms with E-state index in [1.807, 2.05) is 42.5 Å². The summed E-state index contributed by atoms with van der Waals surface area (Å²) in [5, 5.41) is 2.60. The Labute approximate surface area is 180 Å². The second kappa shape index (κ2) is 8.18. The molecule has 0 amide bonds. The molecule has 0 aliphatic carbocycles. The average molecular weight is 448 g/mol. The van der Waals surface area contributed by atoms with Crippen LogP contribution in [0.15, 0.2) is 76.7 Å². The second-order valence-electron chi connectivity index (χ2n) is 6.07. The molecule has 0 unspecified atom stereocenters. The molecular weight excluding hydrogens is 435 g/mol. The summed E-state index contributed by atoms with van der Waals surface area (Å²) in [5.74, 6) is 0.618.